The monoisotopic (exact) mass is 222 g/mol. The number of allylic oxidation sites excluding steroid dienone is 1. The molecule has 0 spiro atoms. The van der Waals surface area contributed by atoms with Crippen molar-refractivity contribution in [3.8, 4) is 0 Å². The van der Waals surface area contributed by atoms with Crippen molar-refractivity contribution in [2.45, 2.75) is 46.0 Å². The standard InChI is InChI=1S/C14H26N2/c1-5-6-7-8-14-9-10-16(11-14)13(4)15-12(2)3/h14-15H,2,4-11H2,1,3H3/t14-/m1/s1. The van der Waals surface area contributed by atoms with Crippen LogP contribution in [-0.2, 0) is 0 Å². The lowest BCUT2D eigenvalue weighted by molar-refractivity contribution is 0.373. The van der Waals surface area contributed by atoms with E-state index in [1.54, 1.807) is 0 Å². The predicted octanol–water partition coefficient (Wildman–Crippen LogP) is 3.48. The van der Waals surface area contributed by atoms with Crippen molar-refractivity contribution in [2.75, 3.05) is 13.1 Å². The van der Waals surface area contributed by atoms with Gasteiger partial charge in [-0.15, -0.1) is 0 Å². The van der Waals surface area contributed by atoms with Gasteiger partial charge in [-0.05, 0) is 25.7 Å². The molecule has 2 heteroatoms. The molecule has 16 heavy (non-hydrogen) atoms. The van der Waals surface area contributed by atoms with Crippen LogP contribution in [0.2, 0.25) is 0 Å². The van der Waals surface area contributed by atoms with Gasteiger partial charge in [0.25, 0.3) is 0 Å². The fourth-order valence-electron chi connectivity index (χ4n) is 2.32. The largest absolute Gasteiger partial charge is 0.358 e. The zero-order valence-corrected chi connectivity index (χ0v) is 10.9. The van der Waals surface area contributed by atoms with Gasteiger partial charge in [0, 0.05) is 18.8 Å². The van der Waals surface area contributed by atoms with E-state index in [2.05, 4.69) is 30.3 Å². The summed E-state index contributed by atoms with van der Waals surface area (Å²) in [6.07, 6.45) is 6.78. The third-order valence-corrected chi connectivity index (χ3v) is 3.24. The first-order valence-electron chi connectivity index (χ1n) is 6.50. The molecule has 1 rings (SSSR count). The Bertz CT molecular complexity index is 245. The highest BCUT2D eigenvalue weighted by atomic mass is 15.3. The highest BCUT2D eigenvalue weighted by molar-refractivity contribution is 5.03. The van der Waals surface area contributed by atoms with Crippen molar-refractivity contribution in [3.63, 3.8) is 0 Å². The molecule has 0 aromatic heterocycles. The first-order chi connectivity index (χ1) is 7.63. The summed E-state index contributed by atoms with van der Waals surface area (Å²) in [5, 5.41) is 3.21. The number of nitrogens with zero attached hydrogens (tertiary/aromatic N) is 1. The van der Waals surface area contributed by atoms with Crippen LogP contribution < -0.4 is 5.32 Å². The van der Waals surface area contributed by atoms with Crippen LogP contribution in [0.1, 0.15) is 46.0 Å². The second kappa shape index (κ2) is 6.62. The first-order valence-corrected chi connectivity index (χ1v) is 6.50. The van der Waals surface area contributed by atoms with Gasteiger partial charge in [0.1, 0.15) is 0 Å². The second-order valence-electron chi connectivity index (χ2n) is 4.95. The summed E-state index contributed by atoms with van der Waals surface area (Å²) in [6, 6.07) is 0. The topological polar surface area (TPSA) is 15.3 Å². The molecule has 0 aliphatic carbocycles. The zero-order chi connectivity index (χ0) is 12.0. The number of nitrogens with one attached hydrogen (secondary N) is 1. The Morgan fingerprint density at radius 2 is 2.12 bits per heavy atom. The van der Waals surface area contributed by atoms with E-state index in [9.17, 15) is 0 Å². The van der Waals surface area contributed by atoms with Crippen molar-refractivity contribution in [2.24, 2.45) is 5.92 Å². The first kappa shape index (κ1) is 13.1. The third-order valence-electron chi connectivity index (χ3n) is 3.24. The van der Waals surface area contributed by atoms with Crippen LogP contribution in [0, 0.1) is 5.92 Å². The van der Waals surface area contributed by atoms with E-state index in [0.29, 0.717) is 0 Å². The molecule has 0 radical (unpaired) electrons. The Morgan fingerprint density at radius 1 is 1.38 bits per heavy atom. The number of rotatable bonds is 7. The highest BCUT2D eigenvalue weighted by Crippen LogP contribution is 2.23. The van der Waals surface area contributed by atoms with E-state index in [-0.39, 0.29) is 0 Å². The molecule has 1 saturated heterocycles. The molecule has 92 valence electrons. The minimum absolute atomic E-state index is 0.871. The van der Waals surface area contributed by atoms with Crippen LogP contribution in [0.15, 0.2) is 24.7 Å². The number of likely N-dealkylation sites (tertiary alicyclic amines) is 1. The summed E-state index contributed by atoms with van der Waals surface area (Å²) in [6.45, 7) is 14.5. The molecule has 1 N–H and O–H groups in total. The van der Waals surface area contributed by atoms with Crippen LogP contribution in [-0.4, -0.2) is 18.0 Å². The van der Waals surface area contributed by atoms with Crippen LogP contribution in [0.3, 0.4) is 0 Å². The number of hydrogen-bond donors (Lipinski definition) is 1. The van der Waals surface area contributed by atoms with E-state index in [1.807, 2.05) is 6.92 Å². The highest BCUT2D eigenvalue weighted by Gasteiger charge is 2.22. The van der Waals surface area contributed by atoms with Crippen molar-refractivity contribution in [1.82, 2.24) is 10.2 Å². The summed E-state index contributed by atoms with van der Waals surface area (Å²) < 4.78 is 0. The van der Waals surface area contributed by atoms with E-state index in [4.69, 9.17) is 0 Å². The maximum atomic E-state index is 4.06. The van der Waals surface area contributed by atoms with Crippen molar-refractivity contribution in [1.29, 1.82) is 0 Å². The van der Waals surface area contributed by atoms with E-state index in [1.165, 1.54) is 38.6 Å². The molecule has 0 unspecified atom stereocenters. The predicted molar refractivity (Wildman–Crippen MR) is 70.9 cm³/mol. The molecule has 0 aromatic rings. The number of hydrogen-bond acceptors (Lipinski definition) is 2. The minimum atomic E-state index is 0.871. The van der Waals surface area contributed by atoms with Gasteiger partial charge < -0.3 is 10.2 Å². The quantitative estimate of drug-likeness (QED) is 0.663. The summed E-state index contributed by atoms with van der Waals surface area (Å²) in [5.74, 6) is 1.89. The van der Waals surface area contributed by atoms with Gasteiger partial charge in [0.2, 0.25) is 0 Å². The lowest BCUT2D eigenvalue weighted by Crippen LogP contribution is -2.28. The average molecular weight is 222 g/mol. The van der Waals surface area contributed by atoms with Gasteiger partial charge in [-0.2, -0.15) is 0 Å². The van der Waals surface area contributed by atoms with Crippen LogP contribution >= 0.6 is 0 Å². The van der Waals surface area contributed by atoms with E-state index < -0.39 is 0 Å². The lowest BCUT2D eigenvalue weighted by Gasteiger charge is -2.22. The van der Waals surface area contributed by atoms with E-state index >= 15 is 0 Å². The third kappa shape index (κ3) is 4.30. The van der Waals surface area contributed by atoms with Gasteiger partial charge in [-0.1, -0.05) is 39.3 Å². The molecule has 2 nitrogen and oxygen atoms in total. The molecule has 0 bridgehead atoms. The molecule has 1 aliphatic heterocycles. The SMILES string of the molecule is C=C(C)NC(=C)N1CC[C@@H](CCCCC)C1. The van der Waals surface area contributed by atoms with Crippen molar-refractivity contribution < 1.29 is 0 Å². The van der Waals surface area contributed by atoms with Gasteiger partial charge in [0.05, 0.1) is 5.82 Å². The molecule has 0 aromatic carbocycles. The summed E-state index contributed by atoms with van der Waals surface area (Å²) in [5.41, 5.74) is 0.972. The Labute approximate surface area is 100 Å². The Balaban J connectivity index is 2.23. The molecular weight excluding hydrogens is 196 g/mol. The van der Waals surface area contributed by atoms with Crippen LogP contribution in [0.5, 0.6) is 0 Å². The normalized spacial score (nSPS) is 19.9. The Hall–Kier alpha value is -0.920. The maximum Gasteiger partial charge on any atom is 0.0980 e. The van der Waals surface area contributed by atoms with Gasteiger partial charge in [-0.25, -0.2) is 0 Å². The summed E-state index contributed by atoms with van der Waals surface area (Å²) in [4.78, 5) is 2.35. The number of unbranched alkanes of at least 4 members (excludes halogenated alkanes) is 2. The van der Waals surface area contributed by atoms with Crippen molar-refractivity contribution >= 4 is 0 Å². The zero-order valence-electron chi connectivity index (χ0n) is 10.9. The van der Waals surface area contributed by atoms with Crippen molar-refractivity contribution in [3.05, 3.63) is 24.7 Å². The molecule has 1 atom stereocenters. The van der Waals surface area contributed by atoms with Gasteiger partial charge in [0.15, 0.2) is 0 Å². The fraction of sp³-hybridized carbons (Fsp3) is 0.714. The van der Waals surface area contributed by atoms with Gasteiger partial charge in [-0.3, -0.25) is 0 Å². The molecule has 1 heterocycles. The lowest BCUT2D eigenvalue weighted by atomic mass is 10.0. The molecule has 0 amide bonds. The summed E-state index contributed by atoms with van der Waals surface area (Å²) in [7, 11) is 0. The minimum Gasteiger partial charge on any atom is -0.358 e. The molecule has 1 aliphatic rings. The maximum absolute atomic E-state index is 4.06. The van der Waals surface area contributed by atoms with Gasteiger partial charge >= 0.3 is 0 Å². The van der Waals surface area contributed by atoms with E-state index in [0.717, 1.165) is 24.0 Å². The molecule has 0 saturated carbocycles. The fourth-order valence-corrected chi connectivity index (χ4v) is 2.32. The molecule has 1 fully saturated rings. The van der Waals surface area contributed by atoms with Crippen LogP contribution in [0.25, 0.3) is 0 Å². The second-order valence-corrected chi connectivity index (χ2v) is 4.95. The molecular formula is C14H26N2. The van der Waals surface area contributed by atoms with Crippen LogP contribution in [0.4, 0.5) is 0 Å². The Kier molecular flexibility index (Phi) is 5.44. The Morgan fingerprint density at radius 3 is 2.75 bits per heavy atom. The smallest absolute Gasteiger partial charge is 0.0980 e. The average Bonchev–Trinajstić information content (AvgIpc) is 2.66. The summed E-state index contributed by atoms with van der Waals surface area (Å²) >= 11 is 0.